The Balaban J connectivity index is 1.68. The normalized spacial score (nSPS) is 15.7. The summed E-state index contributed by atoms with van der Waals surface area (Å²) in [5.74, 6) is 0.0627. The molecule has 0 unspecified atom stereocenters. The first-order valence-corrected chi connectivity index (χ1v) is 9.53. The second-order valence-corrected chi connectivity index (χ2v) is 7.16. The van der Waals surface area contributed by atoms with Gasteiger partial charge in [-0.2, -0.15) is 5.10 Å². The van der Waals surface area contributed by atoms with E-state index in [2.05, 4.69) is 16.9 Å². The van der Waals surface area contributed by atoms with Crippen molar-refractivity contribution in [3.05, 3.63) is 40.8 Å². The number of fused-ring (bicyclic) bond motifs is 3. The van der Waals surface area contributed by atoms with Crippen LogP contribution in [0.2, 0.25) is 0 Å². The molecule has 0 aliphatic carbocycles. The Labute approximate surface area is 157 Å². The summed E-state index contributed by atoms with van der Waals surface area (Å²) in [7, 11) is 1.64. The molecule has 142 valence electrons. The first-order valence-electron chi connectivity index (χ1n) is 9.53. The van der Waals surface area contributed by atoms with Crippen LogP contribution in [0.3, 0.4) is 0 Å². The number of para-hydroxylation sites is 1. The summed E-state index contributed by atoms with van der Waals surface area (Å²) in [6.45, 7) is 6.76. The largest absolute Gasteiger partial charge is 0.339 e. The van der Waals surface area contributed by atoms with E-state index in [4.69, 9.17) is 0 Å². The van der Waals surface area contributed by atoms with Crippen LogP contribution >= 0.6 is 0 Å². The highest BCUT2D eigenvalue weighted by Crippen LogP contribution is 2.26. The zero-order chi connectivity index (χ0) is 19.0. The quantitative estimate of drug-likeness (QED) is 0.700. The fourth-order valence-electron chi connectivity index (χ4n) is 3.98. The highest BCUT2D eigenvalue weighted by molar-refractivity contribution is 6.07. The van der Waals surface area contributed by atoms with Gasteiger partial charge in [-0.3, -0.25) is 14.5 Å². The third kappa shape index (κ3) is 3.12. The molecule has 1 aromatic carbocycles. The van der Waals surface area contributed by atoms with Crippen molar-refractivity contribution in [2.24, 2.45) is 7.05 Å². The number of aromatic nitrogens is 3. The molecule has 1 saturated heterocycles. The van der Waals surface area contributed by atoms with E-state index in [1.165, 1.54) is 4.68 Å². The smallest absolute Gasteiger partial charge is 0.291 e. The van der Waals surface area contributed by atoms with Gasteiger partial charge < -0.3 is 9.47 Å². The van der Waals surface area contributed by atoms with Crippen LogP contribution in [0.5, 0.6) is 0 Å². The SMILES string of the molecule is CCCN1CCN(C(=O)Cn2c3ccccc3c3cnn(C)c(=O)c32)CC1. The summed E-state index contributed by atoms with van der Waals surface area (Å²) in [6.07, 6.45) is 2.84. The molecule has 1 amide bonds. The lowest BCUT2D eigenvalue weighted by Crippen LogP contribution is -2.49. The predicted molar refractivity (Wildman–Crippen MR) is 106 cm³/mol. The van der Waals surface area contributed by atoms with E-state index in [0.717, 1.165) is 55.4 Å². The number of rotatable bonds is 4. The van der Waals surface area contributed by atoms with Gasteiger partial charge in [0.2, 0.25) is 5.91 Å². The molecule has 7 heteroatoms. The van der Waals surface area contributed by atoms with E-state index in [0.29, 0.717) is 5.52 Å². The van der Waals surface area contributed by atoms with Gasteiger partial charge >= 0.3 is 0 Å². The van der Waals surface area contributed by atoms with E-state index in [1.54, 1.807) is 13.2 Å². The maximum Gasteiger partial charge on any atom is 0.291 e. The number of hydrogen-bond donors (Lipinski definition) is 0. The van der Waals surface area contributed by atoms with Gasteiger partial charge in [0.05, 0.1) is 6.20 Å². The maximum atomic E-state index is 13.0. The van der Waals surface area contributed by atoms with Crippen LogP contribution in [0.25, 0.3) is 21.8 Å². The Morgan fingerprint density at radius 2 is 1.85 bits per heavy atom. The van der Waals surface area contributed by atoms with Crippen LogP contribution < -0.4 is 5.56 Å². The van der Waals surface area contributed by atoms with E-state index >= 15 is 0 Å². The third-order valence-corrected chi connectivity index (χ3v) is 5.42. The van der Waals surface area contributed by atoms with E-state index in [-0.39, 0.29) is 18.0 Å². The molecule has 0 N–H and O–H groups in total. The van der Waals surface area contributed by atoms with Crippen molar-refractivity contribution in [2.75, 3.05) is 32.7 Å². The second kappa shape index (κ2) is 7.15. The van der Waals surface area contributed by atoms with Crippen LogP contribution in [-0.4, -0.2) is 62.8 Å². The molecule has 0 spiro atoms. The van der Waals surface area contributed by atoms with E-state index < -0.39 is 0 Å². The van der Waals surface area contributed by atoms with E-state index in [1.807, 2.05) is 33.7 Å². The third-order valence-electron chi connectivity index (χ3n) is 5.42. The van der Waals surface area contributed by atoms with Gasteiger partial charge in [0.25, 0.3) is 5.56 Å². The standard InChI is InChI=1S/C20H25N5O2/c1-3-8-23-9-11-24(12-10-23)18(26)14-25-17-7-5-4-6-15(17)16-13-21-22(2)20(27)19(16)25/h4-7,13H,3,8-12,14H2,1-2H3. The second-order valence-electron chi connectivity index (χ2n) is 7.16. The van der Waals surface area contributed by atoms with Crippen LogP contribution in [-0.2, 0) is 18.4 Å². The van der Waals surface area contributed by atoms with Crippen LogP contribution in [0.4, 0.5) is 0 Å². The van der Waals surface area contributed by atoms with Crippen LogP contribution in [0.1, 0.15) is 13.3 Å². The monoisotopic (exact) mass is 367 g/mol. The average molecular weight is 367 g/mol. The summed E-state index contributed by atoms with van der Waals surface area (Å²) < 4.78 is 3.18. The molecule has 4 rings (SSSR count). The highest BCUT2D eigenvalue weighted by Gasteiger charge is 2.23. The van der Waals surface area contributed by atoms with E-state index in [9.17, 15) is 9.59 Å². The minimum atomic E-state index is -0.177. The lowest BCUT2D eigenvalue weighted by atomic mass is 10.2. The summed E-state index contributed by atoms with van der Waals surface area (Å²) in [4.78, 5) is 30.0. The lowest BCUT2D eigenvalue weighted by molar-refractivity contribution is -0.133. The number of aryl methyl sites for hydroxylation is 1. The molecule has 0 radical (unpaired) electrons. The van der Waals surface area contributed by atoms with Crippen molar-refractivity contribution >= 4 is 27.7 Å². The average Bonchev–Trinajstić information content (AvgIpc) is 3.00. The first-order chi connectivity index (χ1) is 13.1. The topological polar surface area (TPSA) is 63.4 Å². The van der Waals surface area contributed by atoms with Crippen molar-refractivity contribution in [3.8, 4) is 0 Å². The molecular formula is C20H25N5O2. The molecule has 0 atom stereocenters. The zero-order valence-electron chi connectivity index (χ0n) is 15.9. The molecule has 3 heterocycles. The molecule has 1 aliphatic rings. The van der Waals surface area contributed by atoms with Gasteiger partial charge in [-0.05, 0) is 19.0 Å². The summed E-state index contributed by atoms with van der Waals surface area (Å²) in [5, 5.41) is 5.91. The zero-order valence-corrected chi connectivity index (χ0v) is 15.9. The summed E-state index contributed by atoms with van der Waals surface area (Å²) in [6, 6.07) is 7.81. The lowest BCUT2D eigenvalue weighted by Gasteiger charge is -2.34. The fraction of sp³-hybridized carbons (Fsp3) is 0.450. The number of hydrogen-bond acceptors (Lipinski definition) is 4. The molecule has 0 saturated carbocycles. The van der Waals surface area contributed by atoms with Crippen molar-refractivity contribution < 1.29 is 4.79 Å². The molecule has 2 aromatic heterocycles. The van der Waals surface area contributed by atoms with Gasteiger partial charge in [0, 0.05) is 49.5 Å². The Morgan fingerprint density at radius 1 is 1.11 bits per heavy atom. The first kappa shape index (κ1) is 17.7. The number of carbonyl (C=O) groups is 1. The Kier molecular flexibility index (Phi) is 4.70. The molecule has 0 bridgehead atoms. The summed E-state index contributed by atoms with van der Waals surface area (Å²) in [5.41, 5.74) is 1.27. The maximum absolute atomic E-state index is 13.0. The molecule has 1 aliphatic heterocycles. The molecule has 3 aromatic rings. The molecular weight excluding hydrogens is 342 g/mol. The highest BCUT2D eigenvalue weighted by atomic mass is 16.2. The number of amides is 1. The molecule has 27 heavy (non-hydrogen) atoms. The van der Waals surface area contributed by atoms with Crippen molar-refractivity contribution in [3.63, 3.8) is 0 Å². The van der Waals surface area contributed by atoms with Crippen molar-refractivity contribution in [1.82, 2.24) is 24.1 Å². The van der Waals surface area contributed by atoms with Gasteiger partial charge in [0.1, 0.15) is 12.1 Å². The molecule has 7 nitrogen and oxygen atoms in total. The minimum Gasteiger partial charge on any atom is -0.339 e. The minimum absolute atomic E-state index is 0.0627. The number of carbonyl (C=O) groups excluding carboxylic acids is 1. The summed E-state index contributed by atoms with van der Waals surface area (Å²) >= 11 is 0. The van der Waals surface area contributed by atoms with Crippen molar-refractivity contribution in [1.29, 1.82) is 0 Å². The number of benzene rings is 1. The molecule has 1 fully saturated rings. The predicted octanol–water partition coefficient (Wildman–Crippen LogP) is 1.44. The van der Waals surface area contributed by atoms with Crippen LogP contribution in [0.15, 0.2) is 35.3 Å². The fourth-order valence-corrected chi connectivity index (χ4v) is 3.98. The van der Waals surface area contributed by atoms with Gasteiger partial charge in [-0.15, -0.1) is 0 Å². The Morgan fingerprint density at radius 3 is 2.59 bits per heavy atom. The van der Waals surface area contributed by atoms with Gasteiger partial charge in [0.15, 0.2) is 0 Å². The van der Waals surface area contributed by atoms with Crippen molar-refractivity contribution in [2.45, 2.75) is 19.9 Å². The Bertz CT molecular complexity index is 1040. The Hall–Kier alpha value is -2.67. The number of piperazine rings is 1. The van der Waals surface area contributed by atoms with Crippen LogP contribution in [0, 0.1) is 0 Å². The van der Waals surface area contributed by atoms with Gasteiger partial charge in [-0.25, -0.2) is 4.68 Å². The van der Waals surface area contributed by atoms with Gasteiger partial charge in [-0.1, -0.05) is 25.1 Å². The number of nitrogens with zero attached hydrogens (tertiary/aromatic N) is 5.